The summed E-state index contributed by atoms with van der Waals surface area (Å²) in [6.07, 6.45) is 4.55. The van der Waals surface area contributed by atoms with Gasteiger partial charge in [-0.05, 0) is 37.0 Å². The molecule has 0 spiro atoms. The predicted molar refractivity (Wildman–Crippen MR) is 77.3 cm³/mol. The van der Waals surface area contributed by atoms with E-state index < -0.39 is 0 Å². The molecule has 0 radical (unpaired) electrons. The molecule has 0 saturated heterocycles. The molecule has 18 heavy (non-hydrogen) atoms. The summed E-state index contributed by atoms with van der Waals surface area (Å²) < 4.78 is 1.11. The third-order valence-corrected chi connectivity index (χ3v) is 5.08. The second kappa shape index (κ2) is 5.43. The van der Waals surface area contributed by atoms with Crippen LogP contribution in [0.25, 0.3) is 0 Å². The van der Waals surface area contributed by atoms with Crippen molar-refractivity contribution in [1.82, 2.24) is 10.3 Å². The van der Waals surface area contributed by atoms with Crippen LogP contribution in [0, 0.1) is 6.92 Å². The molecule has 1 aromatic carbocycles. The average Bonchev–Trinajstić information content (AvgIpc) is 3.06. The highest BCUT2D eigenvalue weighted by Gasteiger charge is 2.19. The highest BCUT2D eigenvalue weighted by atomic mass is 32.2. The first-order valence-electron chi connectivity index (χ1n) is 6.21. The fraction of sp³-hybridized carbons (Fsp3) is 0.357. The van der Waals surface area contributed by atoms with Gasteiger partial charge in [0.15, 0.2) is 4.34 Å². The van der Waals surface area contributed by atoms with Gasteiger partial charge in [0.05, 0.1) is 0 Å². The molecule has 0 bridgehead atoms. The van der Waals surface area contributed by atoms with E-state index in [-0.39, 0.29) is 0 Å². The Hall–Kier alpha value is -0.840. The van der Waals surface area contributed by atoms with Crippen molar-refractivity contribution in [2.45, 2.75) is 41.6 Å². The number of rotatable bonds is 5. The van der Waals surface area contributed by atoms with Gasteiger partial charge < -0.3 is 5.32 Å². The largest absolute Gasteiger partial charge is 0.310 e. The second-order valence-corrected chi connectivity index (χ2v) is 6.84. The molecule has 4 heteroatoms. The summed E-state index contributed by atoms with van der Waals surface area (Å²) in [5, 5.41) is 5.57. The summed E-state index contributed by atoms with van der Waals surface area (Å²) >= 11 is 3.45. The van der Waals surface area contributed by atoms with Crippen LogP contribution in [0.5, 0.6) is 0 Å². The minimum atomic E-state index is 0.773. The molecule has 1 heterocycles. The lowest BCUT2D eigenvalue weighted by atomic mass is 10.1. The van der Waals surface area contributed by atoms with Crippen LogP contribution in [0.15, 0.2) is 39.0 Å². The van der Waals surface area contributed by atoms with Gasteiger partial charge in [0, 0.05) is 29.1 Å². The summed E-state index contributed by atoms with van der Waals surface area (Å²) in [4.78, 5) is 5.62. The fourth-order valence-electron chi connectivity index (χ4n) is 1.84. The van der Waals surface area contributed by atoms with Gasteiger partial charge in [-0.1, -0.05) is 23.9 Å². The van der Waals surface area contributed by atoms with Crippen molar-refractivity contribution in [2.75, 3.05) is 0 Å². The summed E-state index contributed by atoms with van der Waals surface area (Å²) in [6.45, 7) is 3.17. The van der Waals surface area contributed by atoms with E-state index in [1.807, 2.05) is 11.6 Å². The lowest BCUT2D eigenvalue weighted by molar-refractivity contribution is 0.687. The van der Waals surface area contributed by atoms with Gasteiger partial charge in [0.2, 0.25) is 0 Å². The zero-order valence-electron chi connectivity index (χ0n) is 10.3. The first-order valence-corrected chi connectivity index (χ1v) is 7.91. The summed E-state index contributed by atoms with van der Waals surface area (Å²) in [5.41, 5.74) is 2.72. The average molecular weight is 276 g/mol. The Morgan fingerprint density at radius 2 is 2.33 bits per heavy atom. The first kappa shape index (κ1) is 12.2. The normalized spacial score (nSPS) is 14.9. The molecule has 1 N–H and O–H groups in total. The lowest BCUT2D eigenvalue weighted by Gasteiger charge is -2.07. The van der Waals surface area contributed by atoms with Crippen LogP contribution in [-0.4, -0.2) is 11.0 Å². The molecule has 0 aliphatic heterocycles. The maximum atomic E-state index is 4.31. The van der Waals surface area contributed by atoms with Gasteiger partial charge in [0.25, 0.3) is 0 Å². The molecule has 0 amide bonds. The Bertz CT molecular complexity index is 519. The minimum Gasteiger partial charge on any atom is -0.310 e. The molecule has 2 aromatic rings. The number of thiazole rings is 1. The van der Waals surface area contributed by atoms with Crippen molar-refractivity contribution >= 4 is 23.1 Å². The molecule has 94 valence electrons. The van der Waals surface area contributed by atoms with Crippen LogP contribution in [0.4, 0.5) is 0 Å². The highest BCUT2D eigenvalue weighted by Crippen LogP contribution is 2.32. The van der Waals surface area contributed by atoms with E-state index in [1.54, 1.807) is 23.1 Å². The first-order chi connectivity index (χ1) is 8.81. The van der Waals surface area contributed by atoms with Gasteiger partial charge in [-0.2, -0.15) is 0 Å². The van der Waals surface area contributed by atoms with E-state index in [0.717, 1.165) is 16.9 Å². The molecular weight excluding hydrogens is 260 g/mol. The monoisotopic (exact) mass is 276 g/mol. The van der Waals surface area contributed by atoms with E-state index >= 15 is 0 Å². The molecule has 1 aliphatic rings. The maximum absolute atomic E-state index is 4.31. The quantitative estimate of drug-likeness (QED) is 0.897. The van der Waals surface area contributed by atoms with Crippen molar-refractivity contribution in [2.24, 2.45) is 0 Å². The van der Waals surface area contributed by atoms with Crippen molar-refractivity contribution in [3.8, 4) is 0 Å². The van der Waals surface area contributed by atoms with Crippen LogP contribution in [0.3, 0.4) is 0 Å². The maximum Gasteiger partial charge on any atom is 0.154 e. The zero-order chi connectivity index (χ0) is 12.4. The van der Waals surface area contributed by atoms with E-state index in [4.69, 9.17) is 0 Å². The molecule has 2 nitrogen and oxygen atoms in total. The summed E-state index contributed by atoms with van der Waals surface area (Å²) in [5.74, 6) is 0. The van der Waals surface area contributed by atoms with Gasteiger partial charge in [0.1, 0.15) is 0 Å². The van der Waals surface area contributed by atoms with Gasteiger partial charge in [-0.25, -0.2) is 4.98 Å². The second-order valence-electron chi connectivity index (χ2n) is 4.66. The molecule has 1 fully saturated rings. The van der Waals surface area contributed by atoms with Crippen molar-refractivity contribution in [1.29, 1.82) is 0 Å². The van der Waals surface area contributed by atoms with Crippen LogP contribution >= 0.6 is 23.1 Å². The number of nitrogens with one attached hydrogen (secondary N) is 1. The third-order valence-electron chi connectivity index (χ3n) is 3.02. The van der Waals surface area contributed by atoms with E-state index in [0.29, 0.717) is 0 Å². The van der Waals surface area contributed by atoms with Crippen LogP contribution in [0.1, 0.15) is 24.0 Å². The Morgan fingerprint density at radius 1 is 1.44 bits per heavy atom. The standard InChI is InChI=1S/C14H16N2S2/c1-10-8-11(9-16-12-3-4-12)2-5-13(10)18-14-15-6-7-17-14/h2,5-8,12,16H,3-4,9H2,1H3. The van der Waals surface area contributed by atoms with Crippen LogP contribution in [-0.2, 0) is 6.54 Å². The Morgan fingerprint density at radius 3 is 3.00 bits per heavy atom. The smallest absolute Gasteiger partial charge is 0.154 e. The van der Waals surface area contributed by atoms with Crippen molar-refractivity contribution < 1.29 is 0 Å². The molecule has 0 unspecified atom stereocenters. The number of hydrogen-bond acceptors (Lipinski definition) is 4. The number of aryl methyl sites for hydroxylation is 1. The number of aromatic nitrogens is 1. The Balaban J connectivity index is 1.67. The van der Waals surface area contributed by atoms with Gasteiger partial charge in [-0.15, -0.1) is 11.3 Å². The fourth-order valence-corrected chi connectivity index (χ4v) is 3.49. The SMILES string of the molecule is Cc1cc(CNC2CC2)ccc1Sc1nccs1. The minimum absolute atomic E-state index is 0.773. The topological polar surface area (TPSA) is 24.9 Å². The Kier molecular flexibility index (Phi) is 3.68. The van der Waals surface area contributed by atoms with Crippen LogP contribution in [0.2, 0.25) is 0 Å². The summed E-state index contributed by atoms with van der Waals surface area (Å²) in [7, 11) is 0. The highest BCUT2D eigenvalue weighted by molar-refractivity contribution is 8.01. The molecule has 0 atom stereocenters. The lowest BCUT2D eigenvalue weighted by Crippen LogP contribution is -2.15. The Labute approximate surface area is 116 Å². The third kappa shape index (κ3) is 3.13. The van der Waals surface area contributed by atoms with Crippen molar-refractivity contribution in [3.63, 3.8) is 0 Å². The van der Waals surface area contributed by atoms with E-state index in [1.165, 1.54) is 28.9 Å². The molecule has 1 aromatic heterocycles. The molecular formula is C14H16N2S2. The summed E-state index contributed by atoms with van der Waals surface area (Å²) in [6, 6.07) is 7.49. The number of nitrogens with zero attached hydrogens (tertiary/aromatic N) is 1. The van der Waals surface area contributed by atoms with E-state index in [2.05, 4.69) is 35.4 Å². The zero-order valence-corrected chi connectivity index (χ0v) is 12.0. The number of benzene rings is 1. The number of hydrogen-bond donors (Lipinski definition) is 1. The van der Waals surface area contributed by atoms with Gasteiger partial charge in [-0.3, -0.25) is 0 Å². The van der Waals surface area contributed by atoms with Crippen molar-refractivity contribution in [3.05, 3.63) is 40.9 Å². The molecule has 3 rings (SSSR count). The van der Waals surface area contributed by atoms with Crippen LogP contribution < -0.4 is 5.32 Å². The molecule has 1 saturated carbocycles. The predicted octanol–water partition coefficient (Wildman–Crippen LogP) is 3.85. The van der Waals surface area contributed by atoms with Gasteiger partial charge >= 0.3 is 0 Å². The van der Waals surface area contributed by atoms with E-state index in [9.17, 15) is 0 Å². The molecule has 1 aliphatic carbocycles.